The maximum absolute atomic E-state index is 3.35. The van der Waals surface area contributed by atoms with E-state index in [0.29, 0.717) is 0 Å². The van der Waals surface area contributed by atoms with E-state index in [2.05, 4.69) is 59.9 Å². The van der Waals surface area contributed by atoms with Crippen molar-refractivity contribution in [1.82, 2.24) is 0 Å². The van der Waals surface area contributed by atoms with Crippen LogP contribution in [0, 0.1) is 6.07 Å². The predicted molar refractivity (Wildman–Crippen MR) is 80.4 cm³/mol. The van der Waals surface area contributed by atoms with Crippen LogP contribution in [0.4, 0.5) is 11.4 Å². The molecular formula is C18H14N. The Morgan fingerprint density at radius 3 is 2.05 bits per heavy atom. The molecule has 1 N–H and O–H groups in total. The van der Waals surface area contributed by atoms with Crippen molar-refractivity contribution in [2.24, 2.45) is 0 Å². The molecule has 0 spiro atoms. The fourth-order valence-electron chi connectivity index (χ4n) is 2.01. The molecular weight excluding hydrogens is 230 g/mol. The summed E-state index contributed by atoms with van der Waals surface area (Å²) in [5.74, 6) is 0. The lowest BCUT2D eigenvalue weighted by molar-refractivity contribution is 1.54. The van der Waals surface area contributed by atoms with Gasteiger partial charge in [0.1, 0.15) is 0 Å². The Bertz CT molecular complexity index is 628. The van der Waals surface area contributed by atoms with Gasteiger partial charge in [-0.2, -0.15) is 0 Å². The maximum Gasteiger partial charge on any atom is 0.0390 e. The molecule has 0 atom stereocenters. The van der Waals surface area contributed by atoms with Gasteiger partial charge in [-0.1, -0.05) is 54.6 Å². The van der Waals surface area contributed by atoms with Crippen LogP contribution in [0.1, 0.15) is 0 Å². The largest absolute Gasteiger partial charge is 0.356 e. The zero-order chi connectivity index (χ0) is 12.9. The Labute approximate surface area is 113 Å². The number of rotatable bonds is 3. The van der Waals surface area contributed by atoms with Crippen LogP contribution in [0.3, 0.4) is 0 Å². The average molecular weight is 244 g/mol. The molecule has 3 rings (SSSR count). The van der Waals surface area contributed by atoms with Gasteiger partial charge in [0.25, 0.3) is 0 Å². The van der Waals surface area contributed by atoms with Crippen molar-refractivity contribution in [3.05, 3.63) is 84.9 Å². The zero-order valence-corrected chi connectivity index (χ0v) is 10.5. The summed E-state index contributed by atoms with van der Waals surface area (Å²) >= 11 is 0. The first-order chi connectivity index (χ1) is 9.42. The first kappa shape index (κ1) is 11.5. The third-order valence-corrected chi connectivity index (χ3v) is 2.99. The molecule has 0 heterocycles. The monoisotopic (exact) mass is 244 g/mol. The maximum atomic E-state index is 3.35. The SMILES string of the molecule is [c]1cccc(Nc2ccc(-c3ccccc3)cc2)c1. The molecule has 0 unspecified atom stereocenters. The molecule has 3 aromatic carbocycles. The van der Waals surface area contributed by atoms with E-state index in [4.69, 9.17) is 0 Å². The third-order valence-electron chi connectivity index (χ3n) is 2.99. The fraction of sp³-hybridized carbons (Fsp3) is 0. The highest BCUT2D eigenvalue weighted by molar-refractivity contribution is 5.68. The molecule has 0 aromatic heterocycles. The number of anilines is 2. The van der Waals surface area contributed by atoms with Crippen molar-refractivity contribution in [1.29, 1.82) is 0 Å². The Hall–Kier alpha value is -2.54. The topological polar surface area (TPSA) is 12.0 Å². The van der Waals surface area contributed by atoms with Crippen LogP contribution in [-0.4, -0.2) is 0 Å². The van der Waals surface area contributed by atoms with Crippen LogP contribution in [0.5, 0.6) is 0 Å². The molecule has 3 aromatic rings. The van der Waals surface area contributed by atoms with Crippen molar-refractivity contribution in [3.63, 3.8) is 0 Å². The summed E-state index contributed by atoms with van der Waals surface area (Å²) in [6.45, 7) is 0. The number of nitrogens with one attached hydrogen (secondary N) is 1. The minimum absolute atomic E-state index is 1.05. The van der Waals surface area contributed by atoms with Gasteiger partial charge in [-0.15, -0.1) is 0 Å². The average Bonchev–Trinajstić information content (AvgIpc) is 2.50. The number of hydrogen-bond acceptors (Lipinski definition) is 1. The van der Waals surface area contributed by atoms with Gasteiger partial charge in [0, 0.05) is 11.4 Å². The second kappa shape index (κ2) is 5.40. The second-order valence-corrected chi connectivity index (χ2v) is 4.36. The summed E-state index contributed by atoms with van der Waals surface area (Å²) < 4.78 is 0. The van der Waals surface area contributed by atoms with E-state index in [9.17, 15) is 0 Å². The Balaban J connectivity index is 1.80. The minimum atomic E-state index is 1.05. The summed E-state index contributed by atoms with van der Waals surface area (Å²) in [7, 11) is 0. The number of hydrogen-bond donors (Lipinski definition) is 1. The first-order valence-electron chi connectivity index (χ1n) is 6.30. The quantitative estimate of drug-likeness (QED) is 0.691. The smallest absolute Gasteiger partial charge is 0.0390 e. The molecule has 19 heavy (non-hydrogen) atoms. The highest BCUT2D eigenvalue weighted by Crippen LogP contribution is 2.22. The van der Waals surface area contributed by atoms with Gasteiger partial charge in [-0.3, -0.25) is 0 Å². The van der Waals surface area contributed by atoms with Gasteiger partial charge in [0.2, 0.25) is 0 Å². The normalized spacial score (nSPS) is 10.1. The van der Waals surface area contributed by atoms with Crippen molar-refractivity contribution in [3.8, 4) is 11.1 Å². The van der Waals surface area contributed by atoms with Crippen molar-refractivity contribution in [2.75, 3.05) is 5.32 Å². The van der Waals surface area contributed by atoms with Crippen LogP contribution >= 0.6 is 0 Å². The van der Waals surface area contributed by atoms with Gasteiger partial charge in [-0.25, -0.2) is 0 Å². The molecule has 91 valence electrons. The first-order valence-corrected chi connectivity index (χ1v) is 6.30. The van der Waals surface area contributed by atoms with Crippen LogP contribution in [0.25, 0.3) is 11.1 Å². The summed E-state index contributed by atoms with van der Waals surface area (Å²) in [6, 6.07) is 29.7. The molecule has 1 radical (unpaired) electrons. The second-order valence-electron chi connectivity index (χ2n) is 4.36. The van der Waals surface area contributed by atoms with Crippen LogP contribution in [0.2, 0.25) is 0 Å². The lowest BCUT2D eigenvalue weighted by atomic mass is 10.1. The van der Waals surface area contributed by atoms with Crippen LogP contribution < -0.4 is 5.32 Å². The third kappa shape index (κ3) is 2.83. The Kier molecular flexibility index (Phi) is 3.28. The Morgan fingerprint density at radius 2 is 1.37 bits per heavy atom. The lowest BCUT2D eigenvalue weighted by Crippen LogP contribution is -1.89. The molecule has 0 saturated carbocycles. The standard InChI is InChI=1S/C18H14N/c1-3-7-15(8-4-1)16-11-13-18(14-12-16)19-17-9-5-2-6-10-17/h1-5,7-14,19H. The molecule has 1 heteroatoms. The van der Waals surface area contributed by atoms with Gasteiger partial charge in [-0.05, 0) is 41.5 Å². The number of benzene rings is 3. The van der Waals surface area contributed by atoms with E-state index in [0.717, 1.165) is 11.4 Å². The molecule has 0 amide bonds. The van der Waals surface area contributed by atoms with E-state index < -0.39 is 0 Å². The van der Waals surface area contributed by atoms with Gasteiger partial charge in [0.15, 0.2) is 0 Å². The summed E-state index contributed by atoms with van der Waals surface area (Å²) in [5.41, 5.74) is 4.60. The Morgan fingerprint density at radius 1 is 0.632 bits per heavy atom. The zero-order valence-electron chi connectivity index (χ0n) is 10.5. The van der Waals surface area contributed by atoms with Crippen molar-refractivity contribution >= 4 is 11.4 Å². The van der Waals surface area contributed by atoms with E-state index in [1.807, 2.05) is 30.3 Å². The van der Waals surface area contributed by atoms with E-state index in [1.165, 1.54) is 11.1 Å². The molecule has 0 aliphatic rings. The molecule has 1 nitrogen and oxygen atoms in total. The lowest BCUT2D eigenvalue weighted by Gasteiger charge is -2.07. The fourth-order valence-corrected chi connectivity index (χ4v) is 2.01. The molecule has 0 bridgehead atoms. The summed E-state index contributed by atoms with van der Waals surface area (Å²) in [4.78, 5) is 0. The van der Waals surface area contributed by atoms with Crippen molar-refractivity contribution < 1.29 is 0 Å². The molecule has 0 saturated heterocycles. The molecule has 0 aliphatic carbocycles. The van der Waals surface area contributed by atoms with E-state index in [-0.39, 0.29) is 0 Å². The highest BCUT2D eigenvalue weighted by Gasteiger charge is 1.97. The minimum Gasteiger partial charge on any atom is -0.356 e. The van der Waals surface area contributed by atoms with Crippen LogP contribution in [0.15, 0.2) is 78.9 Å². The van der Waals surface area contributed by atoms with Gasteiger partial charge < -0.3 is 5.32 Å². The van der Waals surface area contributed by atoms with E-state index in [1.54, 1.807) is 0 Å². The van der Waals surface area contributed by atoms with Gasteiger partial charge >= 0.3 is 0 Å². The highest BCUT2D eigenvalue weighted by atomic mass is 14.9. The van der Waals surface area contributed by atoms with Crippen LogP contribution in [-0.2, 0) is 0 Å². The molecule has 0 fully saturated rings. The predicted octanol–water partition coefficient (Wildman–Crippen LogP) is 4.90. The molecule has 0 aliphatic heterocycles. The summed E-state index contributed by atoms with van der Waals surface area (Å²) in [5, 5.41) is 3.35. The van der Waals surface area contributed by atoms with E-state index >= 15 is 0 Å². The van der Waals surface area contributed by atoms with Crippen molar-refractivity contribution in [2.45, 2.75) is 0 Å². The van der Waals surface area contributed by atoms with Gasteiger partial charge in [0.05, 0.1) is 0 Å². The summed E-state index contributed by atoms with van der Waals surface area (Å²) in [6.07, 6.45) is 0.